The molecule has 25 heavy (non-hydrogen) atoms. The summed E-state index contributed by atoms with van der Waals surface area (Å²) in [6, 6.07) is 6.16. The topological polar surface area (TPSA) is 69.3 Å². The average Bonchev–Trinajstić information content (AvgIpc) is 3.36. The van der Waals surface area contributed by atoms with Gasteiger partial charge in [0, 0.05) is 37.9 Å². The van der Waals surface area contributed by atoms with Crippen LogP contribution < -0.4 is 0 Å². The summed E-state index contributed by atoms with van der Waals surface area (Å²) >= 11 is 1.30. The monoisotopic (exact) mass is 380 g/mol. The highest BCUT2D eigenvalue weighted by molar-refractivity contribution is 7.91. The molecule has 0 atom stereocenters. The van der Waals surface area contributed by atoms with Crippen LogP contribution in [0.1, 0.15) is 31.4 Å². The van der Waals surface area contributed by atoms with E-state index in [-0.39, 0.29) is 0 Å². The van der Waals surface area contributed by atoms with Crippen LogP contribution in [0, 0.1) is 6.92 Å². The second kappa shape index (κ2) is 6.83. The minimum absolute atomic E-state index is 0.414. The molecule has 2 aliphatic rings. The third-order valence-corrected chi connectivity index (χ3v) is 8.72. The first-order valence-corrected chi connectivity index (χ1v) is 11.2. The summed E-state index contributed by atoms with van der Waals surface area (Å²) in [5.74, 6) is 0. The molecule has 136 valence electrons. The van der Waals surface area contributed by atoms with Crippen LogP contribution in [0.3, 0.4) is 0 Å². The molecule has 0 unspecified atom stereocenters. The molecule has 0 spiro atoms. The van der Waals surface area contributed by atoms with Gasteiger partial charge in [-0.15, -0.1) is 11.3 Å². The highest BCUT2D eigenvalue weighted by Crippen LogP contribution is 2.32. The fourth-order valence-electron chi connectivity index (χ4n) is 3.85. The summed E-state index contributed by atoms with van der Waals surface area (Å²) in [4.78, 5) is 3.36. The molecular formula is C17H24N4O2S2. The molecule has 0 aromatic carbocycles. The smallest absolute Gasteiger partial charge is 0.252 e. The first-order valence-electron chi connectivity index (χ1n) is 8.90. The molecule has 1 aliphatic carbocycles. The molecule has 2 aromatic heterocycles. The van der Waals surface area contributed by atoms with Crippen LogP contribution in [0.5, 0.6) is 0 Å². The van der Waals surface area contributed by atoms with Crippen LogP contribution >= 0.6 is 11.3 Å². The number of hydrogen-bond donors (Lipinski definition) is 1. The summed E-state index contributed by atoms with van der Waals surface area (Å²) in [6.45, 7) is 4.81. The molecule has 2 fully saturated rings. The molecule has 2 aromatic rings. The number of aryl methyl sites for hydroxylation is 1. The lowest BCUT2D eigenvalue weighted by atomic mass is 10.2. The van der Waals surface area contributed by atoms with E-state index >= 15 is 0 Å². The predicted octanol–water partition coefficient (Wildman–Crippen LogP) is 2.70. The number of aromatic amines is 1. The third kappa shape index (κ3) is 3.40. The van der Waals surface area contributed by atoms with Crippen molar-refractivity contribution in [1.29, 1.82) is 0 Å². The molecule has 1 aliphatic heterocycles. The normalized spacial score (nSPS) is 21.2. The van der Waals surface area contributed by atoms with Crippen LogP contribution in [-0.2, 0) is 10.0 Å². The lowest BCUT2D eigenvalue weighted by Gasteiger charge is -2.37. The fraction of sp³-hybridized carbons (Fsp3) is 0.588. The molecule has 0 radical (unpaired) electrons. The van der Waals surface area contributed by atoms with E-state index in [1.165, 1.54) is 37.0 Å². The lowest BCUT2D eigenvalue weighted by Crippen LogP contribution is -2.51. The Morgan fingerprint density at radius 3 is 2.52 bits per heavy atom. The number of rotatable bonds is 4. The van der Waals surface area contributed by atoms with Crippen LogP contribution in [0.4, 0.5) is 0 Å². The SMILES string of the molecule is Cc1cc(-c2ccc(S(=O)(=O)N3CCN(C4CCCC4)CC3)s2)n[nH]1. The summed E-state index contributed by atoms with van der Waals surface area (Å²) < 4.78 is 28.0. The van der Waals surface area contributed by atoms with Crippen LogP contribution in [0.25, 0.3) is 10.6 Å². The zero-order chi connectivity index (χ0) is 17.4. The highest BCUT2D eigenvalue weighted by Gasteiger charge is 2.32. The quantitative estimate of drug-likeness (QED) is 0.885. The molecule has 4 rings (SSSR count). The Balaban J connectivity index is 1.46. The van der Waals surface area contributed by atoms with Gasteiger partial charge in [-0.3, -0.25) is 10.00 Å². The van der Waals surface area contributed by atoms with Gasteiger partial charge in [0.25, 0.3) is 10.0 Å². The Bertz CT molecular complexity index is 828. The fourth-order valence-corrected chi connectivity index (χ4v) is 6.69. The number of nitrogens with one attached hydrogen (secondary N) is 1. The Kier molecular flexibility index (Phi) is 4.70. The Labute approximate surface area is 152 Å². The van der Waals surface area contributed by atoms with Gasteiger partial charge in [-0.1, -0.05) is 12.8 Å². The van der Waals surface area contributed by atoms with Gasteiger partial charge in [0.15, 0.2) is 0 Å². The van der Waals surface area contributed by atoms with E-state index in [1.54, 1.807) is 10.4 Å². The molecule has 1 saturated heterocycles. The van der Waals surface area contributed by atoms with E-state index in [2.05, 4.69) is 15.1 Å². The van der Waals surface area contributed by atoms with Crippen molar-refractivity contribution in [1.82, 2.24) is 19.4 Å². The number of sulfonamides is 1. The van der Waals surface area contributed by atoms with Crippen molar-refractivity contribution < 1.29 is 8.42 Å². The second-order valence-corrected chi connectivity index (χ2v) is 10.2. The van der Waals surface area contributed by atoms with E-state index in [9.17, 15) is 8.42 Å². The lowest BCUT2D eigenvalue weighted by molar-refractivity contribution is 0.139. The first kappa shape index (κ1) is 17.2. The number of piperazine rings is 1. The second-order valence-electron chi connectivity index (χ2n) is 6.93. The van der Waals surface area contributed by atoms with Crippen LogP contribution in [-0.4, -0.2) is 60.0 Å². The van der Waals surface area contributed by atoms with Crippen LogP contribution in [0.2, 0.25) is 0 Å². The minimum atomic E-state index is -3.40. The van der Waals surface area contributed by atoms with Gasteiger partial charge in [0.1, 0.15) is 9.90 Å². The van der Waals surface area contributed by atoms with Crippen molar-refractivity contribution in [3.8, 4) is 10.6 Å². The zero-order valence-corrected chi connectivity index (χ0v) is 16.1. The van der Waals surface area contributed by atoms with Crippen molar-refractivity contribution in [3.05, 3.63) is 23.9 Å². The molecule has 1 saturated carbocycles. The molecule has 0 amide bonds. The van der Waals surface area contributed by atoms with E-state index < -0.39 is 10.0 Å². The zero-order valence-electron chi connectivity index (χ0n) is 14.4. The largest absolute Gasteiger partial charge is 0.298 e. The van der Waals surface area contributed by atoms with Gasteiger partial charge >= 0.3 is 0 Å². The molecule has 1 N–H and O–H groups in total. The van der Waals surface area contributed by atoms with E-state index in [0.29, 0.717) is 23.3 Å². The third-order valence-electron chi connectivity index (χ3n) is 5.25. The number of nitrogens with zero attached hydrogens (tertiary/aromatic N) is 3. The summed E-state index contributed by atoms with van der Waals surface area (Å²) in [7, 11) is -3.40. The molecular weight excluding hydrogens is 356 g/mol. The standard InChI is InChI=1S/C17H24N4O2S2/c1-13-12-15(19-18-13)16-6-7-17(24-16)25(22,23)21-10-8-20(9-11-21)14-4-2-3-5-14/h6-7,12,14H,2-5,8-11H2,1H3,(H,18,19). The highest BCUT2D eigenvalue weighted by atomic mass is 32.2. The predicted molar refractivity (Wildman–Crippen MR) is 99.2 cm³/mol. The molecule has 0 bridgehead atoms. The van der Waals surface area contributed by atoms with Gasteiger partial charge in [0.2, 0.25) is 0 Å². The van der Waals surface area contributed by atoms with Gasteiger partial charge in [-0.2, -0.15) is 9.40 Å². The van der Waals surface area contributed by atoms with E-state index in [1.807, 2.05) is 19.1 Å². The maximum Gasteiger partial charge on any atom is 0.252 e. The first-order chi connectivity index (χ1) is 12.0. The Hall–Kier alpha value is -1.22. The van der Waals surface area contributed by atoms with E-state index in [4.69, 9.17) is 0 Å². The molecule has 6 nitrogen and oxygen atoms in total. The van der Waals surface area contributed by atoms with Gasteiger partial charge < -0.3 is 0 Å². The molecule has 3 heterocycles. The van der Waals surface area contributed by atoms with Gasteiger partial charge in [-0.05, 0) is 38.0 Å². The maximum absolute atomic E-state index is 13.0. The van der Waals surface area contributed by atoms with Gasteiger partial charge in [0.05, 0.1) is 4.88 Å². The minimum Gasteiger partial charge on any atom is -0.298 e. The summed E-state index contributed by atoms with van der Waals surface area (Å²) in [5, 5.41) is 7.12. The van der Waals surface area contributed by atoms with Crippen LogP contribution in [0.15, 0.2) is 22.4 Å². The van der Waals surface area contributed by atoms with Gasteiger partial charge in [-0.25, -0.2) is 8.42 Å². The van der Waals surface area contributed by atoms with Crippen molar-refractivity contribution in [2.75, 3.05) is 26.2 Å². The Morgan fingerprint density at radius 2 is 1.88 bits per heavy atom. The molecule has 8 heteroatoms. The van der Waals surface area contributed by atoms with Crippen molar-refractivity contribution in [2.45, 2.75) is 42.9 Å². The van der Waals surface area contributed by atoms with Crippen molar-refractivity contribution in [3.63, 3.8) is 0 Å². The summed E-state index contributed by atoms with van der Waals surface area (Å²) in [6.07, 6.45) is 5.16. The number of aromatic nitrogens is 2. The van der Waals surface area contributed by atoms with Crippen molar-refractivity contribution in [2.24, 2.45) is 0 Å². The van der Waals surface area contributed by atoms with E-state index in [0.717, 1.165) is 29.4 Å². The maximum atomic E-state index is 13.0. The average molecular weight is 381 g/mol. The number of H-pyrrole nitrogens is 1. The summed E-state index contributed by atoms with van der Waals surface area (Å²) in [5.41, 5.74) is 1.77. The Morgan fingerprint density at radius 1 is 1.16 bits per heavy atom. The number of hydrogen-bond acceptors (Lipinski definition) is 5. The van der Waals surface area contributed by atoms with Crippen molar-refractivity contribution >= 4 is 21.4 Å². The number of thiophene rings is 1.